The highest BCUT2D eigenvalue weighted by Crippen LogP contribution is 2.35. The highest BCUT2D eigenvalue weighted by Gasteiger charge is 2.43. The van der Waals surface area contributed by atoms with Crippen molar-refractivity contribution in [1.82, 2.24) is 30.5 Å². The number of amides is 2. The molecule has 0 bridgehead atoms. The monoisotopic (exact) mass is 582 g/mol. The smallest absolute Gasteiger partial charge is 0.243 e. The summed E-state index contributed by atoms with van der Waals surface area (Å²) in [4.78, 5) is 29.5. The fourth-order valence-corrected chi connectivity index (χ4v) is 6.53. The van der Waals surface area contributed by atoms with Crippen LogP contribution in [-0.2, 0) is 29.6 Å². The number of nitrogens with one attached hydrogen (secondary N) is 2. The Labute approximate surface area is 251 Å². The molecule has 3 aromatic carbocycles. The molecule has 4 atom stereocenters. The summed E-state index contributed by atoms with van der Waals surface area (Å²) in [6, 6.07) is 20.9. The Balaban J connectivity index is 1.17. The first-order chi connectivity index (χ1) is 20.9. The van der Waals surface area contributed by atoms with Crippen LogP contribution >= 0.6 is 0 Å². The number of rotatable bonds is 9. The van der Waals surface area contributed by atoms with Gasteiger partial charge in [-0.3, -0.25) is 9.59 Å². The molecule has 4 aromatic rings. The van der Waals surface area contributed by atoms with Gasteiger partial charge in [0, 0.05) is 32.6 Å². The SMILES string of the molecule is COc1ccc(C[C@@H]2C[C@@H](C(=O)NCc3ccc4c(c3)nnn4C)N(C(=O)[C@H]3CC(c4ccccc4OC)CN3)C2)cc1. The van der Waals surface area contributed by atoms with Crippen molar-refractivity contribution >= 4 is 22.8 Å². The quantitative estimate of drug-likeness (QED) is 0.312. The molecule has 1 aromatic heterocycles. The van der Waals surface area contributed by atoms with Crippen LogP contribution in [0.5, 0.6) is 11.5 Å². The Kier molecular flexibility index (Phi) is 8.29. The minimum atomic E-state index is -0.539. The molecule has 43 heavy (non-hydrogen) atoms. The van der Waals surface area contributed by atoms with E-state index in [1.54, 1.807) is 23.8 Å². The maximum atomic E-state index is 14.0. The second kappa shape index (κ2) is 12.4. The summed E-state index contributed by atoms with van der Waals surface area (Å²) in [6.45, 7) is 1.57. The van der Waals surface area contributed by atoms with Crippen molar-refractivity contribution in [1.29, 1.82) is 0 Å². The van der Waals surface area contributed by atoms with Crippen molar-refractivity contribution in [3.05, 3.63) is 83.4 Å². The molecular weight excluding hydrogens is 544 g/mol. The highest BCUT2D eigenvalue weighted by molar-refractivity contribution is 5.91. The first-order valence-electron chi connectivity index (χ1n) is 14.8. The average molecular weight is 583 g/mol. The van der Waals surface area contributed by atoms with E-state index in [0.717, 1.165) is 45.6 Å². The van der Waals surface area contributed by atoms with Gasteiger partial charge in [0.1, 0.15) is 23.1 Å². The van der Waals surface area contributed by atoms with Gasteiger partial charge < -0.3 is 25.0 Å². The number of hydrogen-bond acceptors (Lipinski definition) is 7. The lowest BCUT2D eigenvalue weighted by Crippen LogP contribution is -2.51. The van der Waals surface area contributed by atoms with Gasteiger partial charge in [-0.1, -0.05) is 41.6 Å². The fourth-order valence-electron chi connectivity index (χ4n) is 6.53. The molecule has 0 radical (unpaired) electrons. The summed E-state index contributed by atoms with van der Waals surface area (Å²) < 4.78 is 12.6. The summed E-state index contributed by atoms with van der Waals surface area (Å²) >= 11 is 0. The molecule has 2 fully saturated rings. The Hall–Kier alpha value is -4.44. The predicted molar refractivity (Wildman–Crippen MR) is 163 cm³/mol. The maximum Gasteiger partial charge on any atom is 0.243 e. The van der Waals surface area contributed by atoms with E-state index in [0.29, 0.717) is 32.5 Å². The lowest BCUT2D eigenvalue weighted by molar-refractivity contribution is -0.139. The Morgan fingerprint density at radius 2 is 1.79 bits per heavy atom. The Morgan fingerprint density at radius 3 is 2.58 bits per heavy atom. The fraction of sp³-hybridized carbons (Fsp3) is 0.394. The third-order valence-corrected chi connectivity index (χ3v) is 8.81. The molecular formula is C33H38N6O4. The lowest BCUT2D eigenvalue weighted by atomic mass is 9.95. The van der Waals surface area contributed by atoms with Crippen molar-refractivity contribution in [2.75, 3.05) is 27.3 Å². The van der Waals surface area contributed by atoms with Crippen molar-refractivity contribution < 1.29 is 19.1 Å². The Bertz CT molecular complexity index is 1600. The molecule has 6 rings (SSSR count). The van der Waals surface area contributed by atoms with Gasteiger partial charge in [0.25, 0.3) is 0 Å². The van der Waals surface area contributed by atoms with Gasteiger partial charge in [-0.15, -0.1) is 5.10 Å². The summed E-state index contributed by atoms with van der Waals surface area (Å²) in [5, 5.41) is 14.8. The number of aryl methyl sites for hydroxylation is 1. The number of benzene rings is 3. The lowest BCUT2D eigenvalue weighted by Gasteiger charge is -2.27. The molecule has 2 aliphatic heterocycles. The third-order valence-electron chi connectivity index (χ3n) is 8.81. The number of carbonyl (C=O) groups excluding carboxylic acids is 2. The van der Waals surface area contributed by atoms with E-state index < -0.39 is 6.04 Å². The first-order valence-corrected chi connectivity index (χ1v) is 14.8. The van der Waals surface area contributed by atoms with Crippen molar-refractivity contribution in [2.45, 2.75) is 43.8 Å². The summed E-state index contributed by atoms with van der Waals surface area (Å²) in [7, 11) is 5.17. The minimum absolute atomic E-state index is 0.0178. The van der Waals surface area contributed by atoms with E-state index >= 15 is 0 Å². The third kappa shape index (κ3) is 6.06. The van der Waals surface area contributed by atoms with E-state index in [-0.39, 0.29) is 29.7 Å². The molecule has 224 valence electrons. The van der Waals surface area contributed by atoms with Crippen LogP contribution in [0.1, 0.15) is 35.4 Å². The van der Waals surface area contributed by atoms with E-state index in [2.05, 4.69) is 39.1 Å². The van der Waals surface area contributed by atoms with Crippen LogP contribution in [0.25, 0.3) is 11.0 Å². The molecule has 0 saturated carbocycles. The van der Waals surface area contributed by atoms with Gasteiger partial charge in [0.2, 0.25) is 11.8 Å². The number of aromatic nitrogens is 3. The van der Waals surface area contributed by atoms with Crippen molar-refractivity contribution in [3.63, 3.8) is 0 Å². The van der Waals surface area contributed by atoms with Gasteiger partial charge in [-0.2, -0.15) is 0 Å². The molecule has 2 amide bonds. The van der Waals surface area contributed by atoms with Crippen molar-refractivity contribution in [2.24, 2.45) is 13.0 Å². The largest absolute Gasteiger partial charge is 0.497 e. The number of nitrogens with zero attached hydrogens (tertiary/aromatic N) is 4. The molecule has 1 unspecified atom stereocenters. The summed E-state index contributed by atoms with van der Waals surface area (Å²) in [5.41, 5.74) is 4.90. The van der Waals surface area contributed by atoms with Crippen LogP contribution in [-0.4, -0.2) is 71.1 Å². The normalized spacial score (nSPS) is 21.7. The van der Waals surface area contributed by atoms with Gasteiger partial charge in [0.05, 0.1) is 25.8 Å². The highest BCUT2D eigenvalue weighted by atomic mass is 16.5. The number of carbonyl (C=O) groups is 2. The summed E-state index contributed by atoms with van der Waals surface area (Å²) in [5.74, 6) is 1.81. The maximum absolute atomic E-state index is 14.0. The Morgan fingerprint density at radius 1 is 1.00 bits per heavy atom. The number of fused-ring (bicyclic) bond motifs is 1. The first kappa shape index (κ1) is 28.7. The van der Waals surface area contributed by atoms with Crippen LogP contribution in [0.3, 0.4) is 0 Å². The zero-order valence-electron chi connectivity index (χ0n) is 24.8. The molecule has 0 spiro atoms. The molecule has 2 N–H and O–H groups in total. The van der Waals surface area contributed by atoms with Gasteiger partial charge in [-0.05, 0) is 72.2 Å². The topological polar surface area (TPSA) is 111 Å². The van der Waals surface area contributed by atoms with Gasteiger partial charge >= 0.3 is 0 Å². The van der Waals surface area contributed by atoms with Gasteiger partial charge in [0.15, 0.2) is 0 Å². The molecule has 2 aliphatic rings. The van der Waals surface area contributed by atoms with Crippen LogP contribution < -0.4 is 20.1 Å². The number of hydrogen-bond donors (Lipinski definition) is 2. The van der Waals surface area contributed by atoms with Crippen LogP contribution in [0, 0.1) is 5.92 Å². The number of methoxy groups -OCH3 is 2. The zero-order chi connectivity index (χ0) is 29.9. The van der Waals surface area contributed by atoms with E-state index in [1.165, 1.54) is 0 Å². The van der Waals surface area contributed by atoms with Gasteiger partial charge in [-0.25, -0.2) is 4.68 Å². The molecule has 10 nitrogen and oxygen atoms in total. The zero-order valence-corrected chi connectivity index (χ0v) is 24.8. The van der Waals surface area contributed by atoms with Crippen molar-refractivity contribution in [3.8, 4) is 11.5 Å². The minimum Gasteiger partial charge on any atom is -0.497 e. The van der Waals surface area contributed by atoms with Crippen LogP contribution in [0.2, 0.25) is 0 Å². The number of ether oxygens (including phenoxy) is 2. The molecule has 0 aliphatic carbocycles. The van der Waals surface area contributed by atoms with E-state index in [4.69, 9.17) is 9.47 Å². The molecule has 3 heterocycles. The molecule has 2 saturated heterocycles. The average Bonchev–Trinajstić information content (AvgIpc) is 3.79. The second-order valence-corrected chi connectivity index (χ2v) is 11.5. The van der Waals surface area contributed by atoms with E-state index in [9.17, 15) is 9.59 Å². The molecule has 10 heteroatoms. The number of likely N-dealkylation sites (tertiary alicyclic amines) is 1. The standard InChI is InChI=1S/C33H38N6O4/c1-38-29-13-10-22(15-27(29)36-37-38)18-35-32(40)30-16-23(14-21-8-11-25(42-2)12-9-21)20-39(30)33(41)28-17-24(19-34-28)26-6-4-5-7-31(26)43-3/h4-13,15,23-24,28,30,34H,14,16-20H2,1-3H3,(H,35,40)/t23-,24?,28-,30+/m1/s1. The second-order valence-electron chi connectivity index (χ2n) is 11.5. The van der Waals surface area contributed by atoms with E-state index in [1.807, 2.05) is 55.6 Å². The predicted octanol–water partition coefficient (Wildman–Crippen LogP) is 3.21. The summed E-state index contributed by atoms with van der Waals surface area (Å²) in [6.07, 6.45) is 2.05. The number of para-hydroxylation sites is 1. The van der Waals surface area contributed by atoms with Crippen LogP contribution in [0.15, 0.2) is 66.7 Å². The van der Waals surface area contributed by atoms with Crippen LogP contribution in [0.4, 0.5) is 0 Å².